The quantitative estimate of drug-likeness (QED) is 0.809. The Morgan fingerprint density at radius 2 is 2.16 bits per heavy atom. The van der Waals surface area contributed by atoms with Gasteiger partial charge in [0, 0.05) is 30.4 Å². The van der Waals surface area contributed by atoms with Crippen LogP contribution in [0.3, 0.4) is 0 Å². The molecule has 0 spiro atoms. The van der Waals surface area contributed by atoms with Crippen molar-refractivity contribution in [2.75, 3.05) is 25.0 Å². The molecular weight excluding hydrogens is 264 g/mol. The van der Waals surface area contributed by atoms with E-state index >= 15 is 0 Å². The highest BCUT2D eigenvalue weighted by Crippen LogP contribution is 2.20. The summed E-state index contributed by atoms with van der Waals surface area (Å²) in [6, 6.07) is 5.24. The van der Waals surface area contributed by atoms with Crippen molar-refractivity contribution >= 4 is 23.2 Å². The molecular formula is C14H21ClN2O2. The van der Waals surface area contributed by atoms with E-state index in [1.165, 1.54) is 0 Å². The number of halogens is 1. The smallest absolute Gasteiger partial charge is 0.253 e. The first kappa shape index (κ1) is 15.8. The zero-order valence-electron chi connectivity index (χ0n) is 11.6. The van der Waals surface area contributed by atoms with E-state index in [0.717, 1.165) is 12.2 Å². The van der Waals surface area contributed by atoms with Gasteiger partial charge >= 0.3 is 0 Å². The van der Waals surface area contributed by atoms with E-state index in [4.69, 9.17) is 16.3 Å². The second kappa shape index (κ2) is 8.02. The first-order chi connectivity index (χ1) is 9.08. The Labute approximate surface area is 119 Å². The number of nitrogens with one attached hydrogen (secondary N) is 2. The van der Waals surface area contributed by atoms with Crippen molar-refractivity contribution in [3.05, 3.63) is 28.8 Å². The number of rotatable bonds is 7. The molecule has 1 rings (SSSR count). The van der Waals surface area contributed by atoms with Gasteiger partial charge in [-0.15, -0.1) is 0 Å². The molecule has 0 aliphatic carbocycles. The fourth-order valence-electron chi connectivity index (χ4n) is 1.72. The first-order valence-corrected chi connectivity index (χ1v) is 6.89. The van der Waals surface area contributed by atoms with Crippen LogP contribution in [0.4, 0.5) is 5.69 Å². The predicted molar refractivity (Wildman–Crippen MR) is 79.0 cm³/mol. The fourth-order valence-corrected chi connectivity index (χ4v) is 1.90. The lowest BCUT2D eigenvalue weighted by atomic mass is 10.1. The lowest BCUT2D eigenvalue weighted by Gasteiger charge is -2.15. The Morgan fingerprint density at radius 3 is 2.79 bits per heavy atom. The second-order valence-electron chi connectivity index (χ2n) is 4.20. The Morgan fingerprint density at radius 1 is 1.42 bits per heavy atom. The zero-order valence-corrected chi connectivity index (χ0v) is 12.4. The van der Waals surface area contributed by atoms with Crippen LogP contribution in [-0.4, -0.2) is 31.7 Å². The summed E-state index contributed by atoms with van der Waals surface area (Å²) in [7, 11) is 0. The molecule has 4 nitrogen and oxygen atoms in total. The van der Waals surface area contributed by atoms with Gasteiger partial charge in [-0.05, 0) is 39.0 Å². The SMILES string of the molecule is CCNc1ccc(Cl)cc1C(=O)NCC(C)OCC. The molecule has 5 heteroatoms. The number of benzene rings is 1. The van der Waals surface area contributed by atoms with Gasteiger partial charge in [-0.2, -0.15) is 0 Å². The molecule has 1 atom stereocenters. The third kappa shape index (κ3) is 5.09. The molecule has 0 aliphatic heterocycles. The number of carbonyl (C=O) groups excluding carboxylic acids is 1. The van der Waals surface area contributed by atoms with Gasteiger partial charge < -0.3 is 15.4 Å². The summed E-state index contributed by atoms with van der Waals surface area (Å²) in [6.45, 7) is 7.69. The summed E-state index contributed by atoms with van der Waals surface area (Å²) in [5.41, 5.74) is 1.34. The molecule has 0 saturated heterocycles. The molecule has 1 aromatic rings. The first-order valence-electron chi connectivity index (χ1n) is 6.51. The third-order valence-corrected chi connectivity index (χ3v) is 2.83. The van der Waals surface area contributed by atoms with Crippen molar-refractivity contribution in [2.24, 2.45) is 0 Å². The Kier molecular flexibility index (Phi) is 6.67. The van der Waals surface area contributed by atoms with Gasteiger partial charge in [-0.1, -0.05) is 11.6 Å². The van der Waals surface area contributed by atoms with Gasteiger partial charge in [0.15, 0.2) is 0 Å². The van der Waals surface area contributed by atoms with Crippen LogP contribution in [0.15, 0.2) is 18.2 Å². The van der Waals surface area contributed by atoms with E-state index in [-0.39, 0.29) is 12.0 Å². The summed E-state index contributed by atoms with van der Waals surface area (Å²) < 4.78 is 5.37. The van der Waals surface area contributed by atoms with Gasteiger partial charge in [0.2, 0.25) is 0 Å². The molecule has 0 aliphatic rings. The van der Waals surface area contributed by atoms with E-state index < -0.39 is 0 Å². The van der Waals surface area contributed by atoms with Crippen molar-refractivity contribution in [3.63, 3.8) is 0 Å². The van der Waals surface area contributed by atoms with Crippen LogP contribution in [0.5, 0.6) is 0 Å². The number of hydrogen-bond acceptors (Lipinski definition) is 3. The molecule has 106 valence electrons. The highest BCUT2D eigenvalue weighted by Gasteiger charge is 2.12. The molecule has 1 amide bonds. The average molecular weight is 285 g/mol. The maximum Gasteiger partial charge on any atom is 0.253 e. The summed E-state index contributed by atoms with van der Waals surface area (Å²) >= 11 is 5.94. The minimum absolute atomic E-state index is 0.00396. The molecule has 1 unspecified atom stereocenters. The Bertz CT molecular complexity index is 424. The largest absolute Gasteiger partial charge is 0.385 e. The lowest BCUT2D eigenvalue weighted by Crippen LogP contribution is -2.32. The maximum atomic E-state index is 12.1. The van der Waals surface area contributed by atoms with Crippen molar-refractivity contribution in [2.45, 2.75) is 26.9 Å². The Hall–Kier alpha value is -1.26. The van der Waals surface area contributed by atoms with Crippen molar-refractivity contribution in [1.82, 2.24) is 5.32 Å². The van der Waals surface area contributed by atoms with Crippen molar-refractivity contribution in [1.29, 1.82) is 0 Å². The van der Waals surface area contributed by atoms with Gasteiger partial charge in [0.25, 0.3) is 5.91 Å². The predicted octanol–water partition coefficient (Wildman–Crippen LogP) is 2.93. The van der Waals surface area contributed by atoms with Crippen LogP contribution in [0, 0.1) is 0 Å². The van der Waals surface area contributed by atoms with Crippen molar-refractivity contribution < 1.29 is 9.53 Å². The molecule has 0 aromatic heterocycles. The van der Waals surface area contributed by atoms with E-state index in [0.29, 0.717) is 23.7 Å². The van der Waals surface area contributed by atoms with E-state index in [1.54, 1.807) is 12.1 Å². The molecule has 0 bridgehead atoms. The zero-order chi connectivity index (χ0) is 14.3. The number of amides is 1. The number of ether oxygens (including phenoxy) is 1. The number of hydrogen-bond donors (Lipinski definition) is 2. The maximum absolute atomic E-state index is 12.1. The molecule has 0 saturated carbocycles. The molecule has 0 fully saturated rings. The van der Waals surface area contributed by atoms with E-state index in [1.807, 2.05) is 26.8 Å². The Balaban J connectivity index is 2.72. The van der Waals surface area contributed by atoms with Gasteiger partial charge in [-0.25, -0.2) is 0 Å². The molecule has 2 N–H and O–H groups in total. The van der Waals surface area contributed by atoms with Crippen molar-refractivity contribution in [3.8, 4) is 0 Å². The van der Waals surface area contributed by atoms with Crippen LogP contribution in [-0.2, 0) is 4.74 Å². The second-order valence-corrected chi connectivity index (χ2v) is 4.63. The molecule has 0 radical (unpaired) electrons. The van der Waals surface area contributed by atoms with Gasteiger partial charge in [0.1, 0.15) is 0 Å². The number of anilines is 1. The molecule has 1 aromatic carbocycles. The van der Waals surface area contributed by atoms with E-state index in [9.17, 15) is 4.79 Å². The highest BCUT2D eigenvalue weighted by molar-refractivity contribution is 6.31. The lowest BCUT2D eigenvalue weighted by molar-refractivity contribution is 0.0695. The summed E-state index contributed by atoms with van der Waals surface area (Å²) in [5, 5.41) is 6.54. The van der Waals surface area contributed by atoms with Crippen LogP contribution >= 0.6 is 11.6 Å². The van der Waals surface area contributed by atoms with Crippen LogP contribution < -0.4 is 10.6 Å². The highest BCUT2D eigenvalue weighted by atomic mass is 35.5. The third-order valence-electron chi connectivity index (χ3n) is 2.59. The molecule has 0 heterocycles. The van der Waals surface area contributed by atoms with Crippen LogP contribution in [0.2, 0.25) is 5.02 Å². The minimum atomic E-state index is -0.148. The minimum Gasteiger partial charge on any atom is -0.385 e. The number of carbonyl (C=O) groups is 1. The standard InChI is InChI=1S/C14H21ClN2O2/c1-4-16-13-7-6-11(15)8-12(13)14(18)17-9-10(3)19-5-2/h6-8,10,16H,4-5,9H2,1-3H3,(H,17,18). The van der Waals surface area contributed by atoms with E-state index in [2.05, 4.69) is 10.6 Å². The molecule has 19 heavy (non-hydrogen) atoms. The summed E-state index contributed by atoms with van der Waals surface area (Å²) in [4.78, 5) is 12.1. The van der Waals surface area contributed by atoms with Crippen LogP contribution in [0.25, 0.3) is 0 Å². The summed E-state index contributed by atoms with van der Waals surface area (Å²) in [5.74, 6) is -0.148. The summed E-state index contributed by atoms with van der Waals surface area (Å²) in [6.07, 6.45) is -0.00396. The monoisotopic (exact) mass is 284 g/mol. The van der Waals surface area contributed by atoms with Gasteiger partial charge in [0.05, 0.1) is 11.7 Å². The average Bonchev–Trinajstić information content (AvgIpc) is 2.38. The van der Waals surface area contributed by atoms with Crippen LogP contribution in [0.1, 0.15) is 31.1 Å². The van der Waals surface area contributed by atoms with Gasteiger partial charge in [-0.3, -0.25) is 4.79 Å². The topological polar surface area (TPSA) is 50.4 Å². The normalized spacial score (nSPS) is 12.0. The fraction of sp³-hybridized carbons (Fsp3) is 0.500.